The lowest BCUT2D eigenvalue weighted by atomic mass is 9.43. The van der Waals surface area contributed by atoms with E-state index in [-0.39, 0.29) is 10.8 Å². The molecule has 0 atom stereocenters. The van der Waals surface area contributed by atoms with Gasteiger partial charge in [-0.05, 0) is 69.6 Å². The smallest absolute Gasteiger partial charge is 0.145 e. The number of ketones is 1. The molecular formula is C18H30O. The van der Waals surface area contributed by atoms with E-state index in [1.807, 2.05) is 0 Å². The molecule has 0 unspecified atom stereocenters. The van der Waals surface area contributed by atoms with Crippen LogP contribution in [0.15, 0.2) is 0 Å². The first-order valence-electron chi connectivity index (χ1n) is 8.65. The maximum atomic E-state index is 12.9. The van der Waals surface area contributed by atoms with Gasteiger partial charge in [-0.3, -0.25) is 4.79 Å². The first-order valence-corrected chi connectivity index (χ1v) is 8.65. The van der Waals surface area contributed by atoms with Gasteiger partial charge in [0.2, 0.25) is 0 Å². The van der Waals surface area contributed by atoms with Crippen LogP contribution in [-0.4, -0.2) is 5.78 Å². The average Bonchev–Trinajstić information content (AvgIpc) is 2.43. The molecule has 3 saturated carbocycles. The lowest BCUT2D eigenvalue weighted by Crippen LogP contribution is -2.59. The second-order valence-corrected chi connectivity index (χ2v) is 7.98. The Bertz CT molecular complexity index is 341. The minimum Gasteiger partial charge on any atom is -0.298 e. The Labute approximate surface area is 118 Å². The van der Waals surface area contributed by atoms with Crippen molar-refractivity contribution in [1.82, 2.24) is 0 Å². The molecule has 0 saturated heterocycles. The molecule has 3 fully saturated rings. The zero-order valence-electron chi connectivity index (χ0n) is 12.8. The van der Waals surface area contributed by atoms with Gasteiger partial charge in [-0.2, -0.15) is 0 Å². The van der Waals surface area contributed by atoms with E-state index in [4.69, 9.17) is 0 Å². The van der Waals surface area contributed by atoms with Crippen LogP contribution in [0.25, 0.3) is 0 Å². The van der Waals surface area contributed by atoms with Gasteiger partial charge < -0.3 is 0 Å². The van der Waals surface area contributed by atoms with Crippen molar-refractivity contribution in [1.29, 1.82) is 0 Å². The van der Waals surface area contributed by atoms with Crippen molar-refractivity contribution in [3.63, 3.8) is 0 Å². The molecule has 0 aromatic heterocycles. The SMILES string of the molecule is CCCC1CC[C@]2(CC1)C[C@@]1(CC[C@H](C)CC1)C2=O. The van der Waals surface area contributed by atoms with Crippen molar-refractivity contribution in [3.05, 3.63) is 0 Å². The summed E-state index contributed by atoms with van der Waals surface area (Å²) in [4.78, 5) is 12.9. The number of hydrogen-bond donors (Lipinski definition) is 0. The quantitative estimate of drug-likeness (QED) is 0.674. The van der Waals surface area contributed by atoms with Crippen molar-refractivity contribution < 1.29 is 4.79 Å². The molecule has 0 N–H and O–H groups in total. The van der Waals surface area contributed by atoms with Crippen LogP contribution < -0.4 is 0 Å². The van der Waals surface area contributed by atoms with Crippen LogP contribution in [0.1, 0.15) is 84.5 Å². The van der Waals surface area contributed by atoms with E-state index in [0.29, 0.717) is 5.78 Å². The van der Waals surface area contributed by atoms with Gasteiger partial charge in [0.1, 0.15) is 5.78 Å². The van der Waals surface area contributed by atoms with E-state index in [9.17, 15) is 4.79 Å². The molecule has 1 heteroatoms. The molecule has 3 aliphatic rings. The van der Waals surface area contributed by atoms with Gasteiger partial charge in [-0.25, -0.2) is 0 Å². The Hall–Kier alpha value is -0.330. The first kappa shape index (κ1) is 13.6. The van der Waals surface area contributed by atoms with E-state index >= 15 is 0 Å². The Balaban J connectivity index is 1.60. The van der Waals surface area contributed by atoms with Gasteiger partial charge in [0.25, 0.3) is 0 Å². The third-order valence-corrected chi connectivity index (χ3v) is 6.63. The molecule has 0 aromatic rings. The van der Waals surface area contributed by atoms with Crippen LogP contribution in [0.5, 0.6) is 0 Å². The molecule has 0 heterocycles. The number of hydrogen-bond acceptors (Lipinski definition) is 1. The molecule has 1 nitrogen and oxygen atoms in total. The highest BCUT2D eigenvalue weighted by molar-refractivity contribution is 5.96. The Morgan fingerprint density at radius 2 is 1.53 bits per heavy atom. The number of carbonyl (C=O) groups is 1. The fraction of sp³-hybridized carbons (Fsp3) is 0.944. The van der Waals surface area contributed by atoms with Crippen molar-refractivity contribution in [3.8, 4) is 0 Å². The van der Waals surface area contributed by atoms with E-state index in [2.05, 4.69) is 13.8 Å². The lowest BCUT2D eigenvalue weighted by Gasteiger charge is -2.59. The van der Waals surface area contributed by atoms with Gasteiger partial charge in [-0.1, -0.05) is 26.7 Å². The molecular weight excluding hydrogens is 232 g/mol. The standard InChI is InChI=1S/C18H30O/c1-3-4-15-7-11-18(12-8-15)13-17(16(18)19)9-5-14(2)6-10-17/h14-15H,3-13H2,1-2H3/t14-,15?,17-,18-. The highest BCUT2D eigenvalue weighted by Crippen LogP contribution is 2.64. The van der Waals surface area contributed by atoms with E-state index in [1.54, 1.807) is 0 Å². The van der Waals surface area contributed by atoms with Crippen LogP contribution in [0.2, 0.25) is 0 Å². The number of carbonyl (C=O) groups excluding carboxylic acids is 1. The predicted molar refractivity (Wildman–Crippen MR) is 79.0 cm³/mol. The average molecular weight is 262 g/mol. The summed E-state index contributed by atoms with van der Waals surface area (Å²) < 4.78 is 0. The van der Waals surface area contributed by atoms with Crippen molar-refractivity contribution >= 4 is 5.78 Å². The zero-order valence-corrected chi connectivity index (χ0v) is 12.8. The summed E-state index contributed by atoms with van der Waals surface area (Å²) in [7, 11) is 0. The minimum absolute atomic E-state index is 0.157. The maximum absolute atomic E-state index is 12.9. The van der Waals surface area contributed by atoms with Gasteiger partial charge in [0, 0.05) is 10.8 Å². The van der Waals surface area contributed by atoms with Crippen LogP contribution >= 0.6 is 0 Å². The number of Topliss-reactive ketones (excluding diaryl/α,β-unsaturated/α-hetero) is 1. The minimum atomic E-state index is 0.157. The first-order chi connectivity index (χ1) is 9.10. The van der Waals surface area contributed by atoms with Crippen molar-refractivity contribution in [2.75, 3.05) is 0 Å². The molecule has 19 heavy (non-hydrogen) atoms. The summed E-state index contributed by atoms with van der Waals surface area (Å²) in [5, 5.41) is 0. The highest BCUT2D eigenvalue weighted by Gasteiger charge is 2.62. The van der Waals surface area contributed by atoms with Crippen molar-refractivity contribution in [2.24, 2.45) is 22.7 Å². The number of rotatable bonds is 2. The topological polar surface area (TPSA) is 17.1 Å². The molecule has 0 amide bonds. The largest absolute Gasteiger partial charge is 0.298 e. The molecule has 0 aliphatic heterocycles. The summed E-state index contributed by atoms with van der Waals surface area (Å²) in [5.41, 5.74) is 0.314. The van der Waals surface area contributed by atoms with E-state index < -0.39 is 0 Å². The molecule has 3 aliphatic carbocycles. The maximum Gasteiger partial charge on any atom is 0.145 e. The molecule has 0 radical (unpaired) electrons. The van der Waals surface area contributed by atoms with Crippen LogP contribution in [0, 0.1) is 22.7 Å². The summed E-state index contributed by atoms with van der Waals surface area (Å²) in [6.07, 6.45) is 14.0. The summed E-state index contributed by atoms with van der Waals surface area (Å²) >= 11 is 0. The summed E-state index contributed by atoms with van der Waals surface area (Å²) in [6, 6.07) is 0. The van der Waals surface area contributed by atoms with Gasteiger partial charge in [0.05, 0.1) is 0 Å². The van der Waals surface area contributed by atoms with Crippen LogP contribution in [0.3, 0.4) is 0 Å². The second kappa shape index (κ2) is 4.90. The van der Waals surface area contributed by atoms with Crippen LogP contribution in [0.4, 0.5) is 0 Å². The lowest BCUT2D eigenvalue weighted by molar-refractivity contribution is -0.168. The van der Waals surface area contributed by atoms with E-state index in [0.717, 1.165) is 11.8 Å². The third kappa shape index (κ3) is 2.17. The predicted octanol–water partition coefficient (Wildman–Crippen LogP) is 5.13. The Morgan fingerprint density at radius 1 is 1.00 bits per heavy atom. The van der Waals surface area contributed by atoms with E-state index in [1.165, 1.54) is 70.6 Å². The van der Waals surface area contributed by atoms with Gasteiger partial charge in [0.15, 0.2) is 0 Å². The highest BCUT2D eigenvalue weighted by atomic mass is 16.1. The van der Waals surface area contributed by atoms with Crippen LogP contribution in [-0.2, 0) is 4.79 Å². The fourth-order valence-electron chi connectivity index (χ4n) is 5.31. The van der Waals surface area contributed by atoms with Gasteiger partial charge in [-0.15, -0.1) is 0 Å². The monoisotopic (exact) mass is 262 g/mol. The third-order valence-electron chi connectivity index (χ3n) is 6.63. The zero-order chi connectivity index (χ0) is 13.5. The van der Waals surface area contributed by atoms with Crippen molar-refractivity contribution in [2.45, 2.75) is 84.5 Å². The summed E-state index contributed by atoms with van der Waals surface area (Å²) in [6.45, 7) is 4.64. The Kier molecular flexibility index (Phi) is 3.52. The van der Waals surface area contributed by atoms with Gasteiger partial charge >= 0.3 is 0 Å². The second-order valence-electron chi connectivity index (χ2n) is 7.98. The molecule has 108 valence electrons. The molecule has 0 bridgehead atoms. The molecule has 0 aromatic carbocycles. The molecule has 3 rings (SSSR count). The Morgan fingerprint density at radius 3 is 2.00 bits per heavy atom. The normalized spacial score (nSPS) is 46.5. The summed E-state index contributed by atoms with van der Waals surface area (Å²) in [5.74, 6) is 2.48. The fourth-order valence-corrected chi connectivity index (χ4v) is 5.31. The molecule has 2 spiro atoms.